The zero-order chi connectivity index (χ0) is 10.4. The van der Waals surface area contributed by atoms with E-state index in [1.165, 1.54) is 7.11 Å². The van der Waals surface area contributed by atoms with Gasteiger partial charge in [-0.15, -0.1) is 0 Å². The highest BCUT2D eigenvalue weighted by Crippen LogP contribution is 2.14. The monoisotopic (exact) mass is 193 g/mol. The summed E-state index contributed by atoms with van der Waals surface area (Å²) in [5, 5.41) is 0. The van der Waals surface area contributed by atoms with Crippen molar-refractivity contribution in [1.29, 1.82) is 0 Å². The van der Waals surface area contributed by atoms with Crippen LogP contribution >= 0.6 is 0 Å². The van der Waals surface area contributed by atoms with E-state index >= 15 is 0 Å². The zero-order valence-electron chi connectivity index (χ0n) is 8.27. The number of Topliss-reactive ketones (excluding diaryl/α,β-unsaturated/α-hetero) is 1. The first-order valence-corrected chi connectivity index (χ1v) is 4.56. The fourth-order valence-corrected chi connectivity index (χ4v) is 1.38. The maximum Gasteiger partial charge on any atom is 0.167 e. The minimum Gasteiger partial charge on any atom is -0.377 e. The molecule has 0 saturated carbocycles. The average Bonchev–Trinajstić information content (AvgIpc) is 2.21. The van der Waals surface area contributed by atoms with E-state index in [2.05, 4.69) is 0 Å². The van der Waals surface area contributed by atoms with Crippen LogP contribution in [0.3, 0.4) is 0 Å². The summed E-state index contributed by atoms with van der Waals surface area (Å²) in [5.74, 6) is -0.211. The molecule has 0 heterocycles. The number of ketones is 1. The van der Waals surface area contributed by atoms with E-state index < -0.39 is 0 Å². The van der Waals surface area contributed by atoms with Gasteiger partial charge in [-0.2, -0.15) is 0 Å². The first-order chi connectivity index (χ1) is 6.79. The third-order valence-electron chi connectivity index (χ3n) is 2.11. The Morgan fingerprint density at radius 1 is 1.43 bits per heavy atom. The molecule has 0 aliphatic rings. The first-order valence-electron chi connectivity index (χ1n) is 4.56. The number of nitrogens with two attached hydrogens (primary N) is 1. The topological polar surface area (TPSA) is 52.3 Å². The molecular weight excluding hydrogens is 178 g/mol. The smallest absolute Gasteiger partial charge is 0.167 e. The van der Waals surface area contributed by atoms with Crippen molar-refractivity contribution in [3.05, 3.63) is 35.9 Å². The number of methoxy groups -OCH3 is 1. The van der Waals surface area contributed by atoms with Gasteiger partial charge in [0.05, 0.1) is 5.92 Å². The largest absolute Gasteiger partial charge is 0.377 e. The van der Waals surface area contributed by atoms with Crippen molar-refractivity contribution >= 4 is 5.78 Å². The molecule has 0 bridgehead atoms. The van der Waals surface area contributed by atoms with Gasteiger partial charge in [0, 0.05) is 13.7 Å². The van der Waals surface area contributed by atoms with Crippen molar-refractivity contribution in [2.45, 2.75) is 5.92 Å². The zero-order valence-corrected chi connectivity index (χ0v) is 8.27. The van der Waals surface area contributed by atoms with Crippen LogP contribution in [0.5, 0.6) is 0 Å². The summed E-state index contributed by atoms with van der Waals surface area (Å²) in [4.78, 5) is 11.6. The number of ether oxygens (including phenoxy) is 1. The van der Waals surface area contributed by atoms with Crippen LogP contribution in [0.2, 0.25) is 0 Å². The molecule has 76 valence electrons. The summed E-state index contributed by atoms with van der Waals surface area (Å²) in [6.07, 6.45) is 0. The van der Waals surface area contributed by atoms with Crippen LogP contribution in [0.15, 0.2) is 30.3 Å². The lowest BCUT2D eigenvalue weighted by Crippen LogP contribution is -2.24. The fourth-order valence-electron chi connectivity index (χ4n) is 1.38. The van der Waals surface area contributed by atoms with Crippen LogP contribution in [0.4, 0.5) is 0 Å². The Labute approximate surface area is 83.9 Å². The van der Waals surface area contributed by atoms with Gasteiger partial charge in [-0.3, -0.25) is 4.79 Å². The predicted octanol–water partition coefficient (Wildman–Crippen LogP) is 0.944. The molecule has 0 aromatic heterocycles. The van der Waals surface area contributed by atoms with Gasteiger partial charge < -0.3 is 10.5 Å². The van der Waals surface area contributed by atoms with E-state index in [0.717, 1.165) is 5.56 Å². The molecule has 3 nitrogen and oxygen atoms in total. The van der Waals surface area contributed by atoms with Crippen molar-refractivity contribution in [2.24, 2.45) is 5.73 Å². The fraction of sp³-hybridized carbons (Fsp3) is 0.364. The summed E-state index contributed by atoms with van der Waals surface area (Å²) >= 11 is 0. The SMILES string of the molecule is COCC(=O)C(CN)c1ccccc1. The molecule has 1 rings (SSSR count). The molecule has 3 heteroatoms. The highest BCUT2D eigenvalue weighted by Gasteiger charge is 2.17. The molecule has 1 aromatic rings. The van der Waals surface area contributed by atoms with Gasteiger partial charge in [-0.1, -0.05) is 30.3 Å². The minimum absolute atomic E-state index is 0.0289. The molecule has 1 aromatic carbocycles. The molecular formula is C11H15NO2. The van der Waals surface area contributed by atoms with E-state index in [0.29, 0.717) is 6.54 Å². The number of hydrogen-bond acceptors (Lipinski definition) is 3. The lowest BCUT2D eigenvalue weighted by atomic mass is 9.95. The van der Waals surface area contributed by atoms with Crippen LogP contribution in [0, 0.1) is 0 Å². The van der Waals surface area contributed by atoms with Crippen molar-refractivity contribution in [3.8, 4) is 0 Å². The third-order valence-corrected chi connectivity index (χ3v) is 2.11. The summed E-state index contributed by atoms with van der Waals surface area (Å²) < 4.78 is 4.80. The van der Waals surface area contributed by atoms with Gasteiger partial charge in [-0.05, 0) is 5.56 Å². The molecule has 0 spiro atoms. The number of rotatable bonds is 5. The number of hydrogen-bond donors (Lipinski definition) is 1. The van der Waals surface area contributed by atoms with E-state index in [-0.39, 0.29) is 18.3 Å². The molecule has 2 N–H and O–H groups in total. The predicted molar refractivity (Wildman–Crippen MR) is 55.1 cm³/mol. The maximum atomic E-state index is 11.6. The van der Waals surface area contributed by atoms with Gasteiger partial charge in [0.25, 0.3) is 0 Å². The van der Waals surface area contributed by atoms with Crippen molar-refractivity contribution in [2.75, 3.05) is 20.3 Å². The van der Waals surface area contributed by atoms with Crippen molar-refractivity contribution in [1.82, 2.24) is 0 Å². The van der Waals surface area contributed by atoms with Crippen molar-refractivity contribution in [3.63, 3.8) is 0 Å². The van der Waals surface area contributed by atoms with Crippen LogP contribution < -0.4 is 5.73 Å². The molecule has 1 atom stereocenters. The Morgan fingerprint density at radius 2 is 2.07 bits per heavy atom. The molecule has 0 radical (unpaired) electrons. The molecule has 14 heavy (non-hydrogen) atoms. The minimum atomic E-state index is -0.240. The Balaban J connectivity index is 2.77. The Hall–Kier alpha value is -1.19. The Bertz CT molecular complexity index is 285. The second-order valence-corrected chi connectivity index (χ2v) is 3.10. The van der Waals surface area contributed by atoms with Gasteiger partial charge in [0.1, 0.15) is 6.61 Å². The molecule has 0 fully saturated rings. The lowest BCUT2D eigenvalue weighted by molar-refractivity contribution is -0.123. The Morgan fingerprint density at radius 3 is 2.57 bits per heavy atom. The maximum absolute atomic E-state index is 11.6. The number of carbonyl (C=O) groups is 1. The average molecular weight is 193 g/mol. The van der Waals surface area contributed by atoms with E-state index in [1.807, 2.05) is 30.3 Å². The quantitative estimate of drug-likeness (QED) is 0.757. The van der Waals surface area contributed by atoms with Gasteiger partial charge in [0.2, 0.25) is 0 Å². The van der Waals surface area contributed by atoms with Crippen molar-refractivity contribution < 1.29 is 9.53 Å². The molecule has 0 saturated heterocycles. The van der Waals surface area contributed by atoms with E-state index in [1.54, 1.807) is 0 Å². The van der Waals surface area contributed by atoms with Gasteiger partial charge in [0.15, 0.2) is 5.78 Å². The summed E-state index contributed by atoms with van der Waals surface area (Å²) in [5.41, 5.74) is 6.52. The summed E-state index contributed by atoms with van der Waals surface area (Å²) in [6.45, 7) is 0.447. The lowest BCUT2D eigenvalue weighted by Gasteiger charge is -2.12. The third kappa shape index (κ3) is 2.65. The summed E-state index contributed by atoms with van der Waals surface area (Å²) in [6, 6.07) is 9.53. The van der Waals surface area contributed by atoms with E-state index in [4.69, 9.17) is 10.5 Å². The highest BCUT2D eigenvalue weighted by atomic mass is 16.5. The van der Waals surface area contributed by atoms with Crippen LogP contribution in [0.25, 0.3) is 0 Å². The highest BCUT2D eigenvalue weighted by molar-refractivity contribution is 5.87. The second kappa shape index (κ2) is 5.52. The van der Waals surface area contributed by atoms with Crippen LogP contribution in [0.1, 0.15) is 11.5 Å². The van der Waals surface area contributed by atoms with Crippen LogP contribution in [-0.4, -0.2) is 26.0 Å². The number of carbonyl (C=O) groups excluding carboxylic acids is 1. The molecule has 0 amide bonds. The first kappa shape index (κ1) is 10.9. The second-order valence-electron chi connectivity index (χ2n) is 3.10. The standard InChI is InChI=1S/C11H15NO2/c1-14-8-11(13)10(7-12)9-5-3-2-4-6-9/h2-6,10H,7-8,12H2,1H3. The number of benzene rings is 1. The molecule has 0 aliphatic heterocycles. The van der Waals surface area contributed by atoms with E-state index in [9.17, 15) is 4.79 Å². The molecule has 1 unspecified atom stereocenters. The van der Waals surface area contributed by atoms with Gasteiger partial charge in [-0.25, -0.2) is 0 Å². The molecule has 0 aliphatic carbocycles. The van der Waals surface area contributed by atoms with Gasteiger partial charge >= 0.3 is 0 Å². The Kier molecular flexibility index (Phi) is 4.29. The summed E-state index contributed by atoms with van der Waals surface area (Å²) in [7, 11) is 1.51. The van der Waals surface area contributed by atoms with Crippen LogP contribution in [-0.2, 0) is 9.53 Å². The normalized spacial score (nSPS) is 12.4.